The first-order valence-corrected chi connectivity index (χ1v) is 13.3. The van der Waals surface area contributed by atoms with E-state index >= 15 is 0 Å². The van der Waals surface area contributed by atoms with E-state index in [9.17, 15) is 24.9 Å². The fourth-order valence-electron chi connectivity index (χ4n) is 5.28. The third kappa shape index (κ3) is 6.99. The van der Waals surface area contributed by atoms with Gasteiger partial charge < -0.3 is 34.7 Å². The minimum atomic E-state index is -1.79. The van der Waals surface area contributed by atoms with E-state index in [1.807, 2.05) is 38.1 Å². The third-order valence-corrected chi connectivity index (χ3v) is 7.49. The molecule has 208 valence electrons. The van der Waals surface area contributed by atoms with E-state index in [2.05, 4.69) is 21.6 Å². The summed E-state index contributed by atoms with van der Waals surface area (Å²) in [5.41, 5.74) is 1.01. The van der Waals surface area contributed by atoms with Crippen LogP contribution in [0.4, 0.5) is 4.79 Å². The van der Waals surface area contributed by atoms with Gasteiger partial charge in [-0.05, 0) is 50.8 Å². The molecule has 4 N–H and O–H groups in total. The largest absolute Gasteiger partial charge is 0.475 e. The Bertz CT molecular complexity index is 1230. The second-order valence-electron chi connectivity index (χ2n) is 10.6. The van der Waals surface area contributed by atoms with Gasteiger partial charge in [0.2, 0.25) is 0 Å². The van der Waals surface area contributed by atoms with Crippen LogP contribution in [0.15, 0.2) is 46.6 Å². The Morgan fingerprint density at radius 2 is 2.00 bits per heavy atom. The van der Waals surface area contributed by atoms with Crippen LogP contribution < -0.4 is 10.6 Å². The van der Waals surface area contributed by atoms with E-state index in [0.29, 0.717) is 31.8 Å². The number of fused-ring (bicyclic) bond motifs is 1. The number of urea groups is 1. The van der Waals surface area contributed by atoms with Gasteiger partial charge in [-0.25, -0.2) is 4.79 Å². The SMILES string of the molecule is CC(C)(C=C(C#N)C(=O)N1CCCC1CNC(=O)N[C@@H](Cc1coc2ccccc12)B(O)O)N1CCOCC1. The van der Waals surface area contributed by atoms with Crippen LogP contribution in [-0.4, -0.2) is 95.8 Å². The maximum atomic E-state index is 13.3. The van der Waals surface area contributed by atoms with Crippen molar-refractivity contribution in [2.24, 2.45) is 0 Å². The highest BCUT2D eigenvalue weighted by Gasteiger charge is 2.34. The van der Waals surface area contributed by atoms with Crippen molar-refractivity contribution in [2.75, 3.05) is 39.4 Å². The lowest BCUT2D eigenvalue weighted by atomic mass is 9.76. The second kappa shape index (κ2) is 12.7. The van der Waals surface area contributed by atoms with Crippen molar-refractivity contribution in [3.05, 3.63) is 47.7 Å². The van der Waals surface area contributed by atoms with Crippen LogP contribution in [0.25, 0.3) is 11.0 Å². The summed E-state index contributed by atoms with van der Waals surface area (Å²) in [7, 11) is -1.79. The standard InChI is InChI=1S/C27H36BN5O6/c1-27(2,32-10-12-38-13-11-32)15-20(16-29)25(34)33-9-5-6-21(33)17-30-26(35)31-24(28(36)37)14-19-18-39-23-8-4-3-7-22(19)23/h3-4,7-8,15,18,21,24,36-37H,5-6,9-14,17H2,1-2H3,(H2,30,31,35)/t21?,24-/m0/s1. The molecule has 39 heavy (non-hydrogen) atoms. The Morgan fingerprint density at radius 3 is 2.72 bits per heavy atom. The zero-order chi connectivity index (χ0) is 28.0. The molecule has 2 atom stereocenters. The molecule has 2 saturated heterocycles. The smallest absolute Gasteiger partial charge is 0.464 e. The van der Waals surface area contributed by atoms with Crippen molar-refractivity contribution in [3.63, 3.8) is 0 Å². The highest BCUT2D eigenvalue weighted by atomic mass is 16.5. The summed E-state index contributed by atoms with van der Waals surface area (Å²) in [5.74, 6) is -1.32. The molecule has 0 aliphatic carbocycles. The Balaban J connectivity index is 1.35. The molecule has 3 heterocycles. The first-order valence-electron chi connectivity index (χ1n) is 13.3. The van der Waals surface area contributed by atoms with Crippen LogP contribution in [0.2, 0.25) is 0 Å². The van der Waals surface area contributed by atoms with Crippen molar-refractivity contribution in [3.8, 4) is 6.07 Å². The summed E-state index contributed by atoms with van der Waals surface area (Å²) >= 11 is 0. The molecule has 3 amide bonds. The van der Waals surface area contributed by atoms with Gasteiger partial charge in [0, 0.05) is 43.1 Å². The number of likely N-dealkylation sites (tertiary alicyclic amines) is 1. The topological polar surface area (TPSA) is 151 Å². The van der Waals surface area contributed by atoms with E-state index in [1.54, 1.807) is 17.2 Å². The normalized spacial score (nSPS) is 19.5. The van der Waals surface area contributed by atoms with Crippen LogP contribution in [0.3, 0.4) is 0 Å². The van der Waals surface area contributed by atoms with E-state index in [1.165, 1.54) is 0 Å². The zero-order valence-electron chi connectivity index (χ0n) is 22.4. The first kappa shape index (κ1) is 28.6. The lowest BCUT2D eigenvalue weighted by molar-refractivity contribution is -0.127. The first-order chi connectivity index (χ1) is 18.7. The van der Waals surface area contributed by atoms with E-state index in [4.69, 9.17) is 9.15 Å². The van der Waals surface area contributed by atoms with Gasteiger partial charge in [-0.1, -0.05) is 18.2 Å². The number of nitriles is 1. The fourth-order valence-corrected chi connectivity index (χ4v) is 5.28. The Hall–Kier alpha value is -3.37. The third-order valence-electron chi connectivity index (χ3n) is 7.49. The Labute approximate surface area is 228 Å². The average molecular weight is 537 g/mol. The molecule has 1 aromatic carbocycles. The van der Waals surface area contributed by atoms with E-state index in [-0.39, 0.29) is 30.5 Å². The van der Waals surface area contributed by atoms with E-state index in [0.717, 1.165) is 30.5 Å². The number of hydrogen-bond acceptors (Lipinski definition) is 8. The molecular weight excluding hydrogens is 501 g/mol. The quantitative estimate of drug-likeness (QED) is 0.212. The van der Waals surface area contributed by atoms with Gasteiger partial charge >= 0.3 is 13.1 Å². The molecular formula is C27H36BN5O6. The highest BCUT2D eigenvalue weighted by molar-refractivity contribution is 6.43. The molecule has 0 radical (unpaired) electrons. The molecule has 4 rings (SSSR count). The summed E-state index contributed by atoms with van der Waals surface area (Å²) in [6.07, 6.45) is 4.87. The van der Waals surface area contributed by atoms with Crippen LogP contribution in [0.1, 0.15) is 32.3 Å². The number of hydrogen-bond donors (Lipinski definition) is 4. The zero-order valence-corrected chi connectivity index (χ0v) is 22.4. The number of nitrogens with zero attached hydrogens (tertiary/aromatic N) is 3. The fraction of sp³-hybridized carbons (Fsp3) is 0.519. The van der Waals surface area contributed by atoms with Crippen LogP contribution in [0.5, 0.6) is 0 Å². The van der Waals surface area contributed by atoms with Gasteiger partial charge in [0.25, 0.3) is 5.91 Å². The molecule has 2 aliphatic heterocycles. The van der Waals surface area contributed by atoms with Gasteiger partial charge in [-0.3, -0.25) is 9.69 Å². The number of carbonyl (C=O) groups excluding carboxylic acids is 2. The van der Waals surface area contributed by atoms with Crippen LogP contribution in [-0.2, 0) is 16.0 Å². The monoisotopic (exact) mass is 537 g/mol. The van der Waals surface area contributed by atoms with Gasteiger partial charge in [-0.2, -0.15) is 5.26 Å². The van der Waals surface area contributed by atoms with Crippen molar-refractivity contribution in [2.45, 2.75) is 50.6 Å². The van der Waals surface area contributed by atoms with Crippen LogP contribution in [0, 0.1) is 11.3 Å². The predicted molar refractivity (Wildman–Crippen MR) is 145 cm³/mol. The average Bonchev–Trinajstić information content (AvgIpc) is 3.57. The number of nitrogens with one attached hydrogen (secondary N) is 2. The van der Waals surface area contributed by atoms with Crippen LogP contribution >= 0.6 is 0 Å². The van der Waals surface area contributed by atoms with Crippen molar-refractivity contribution in [1.82, 2.24) is 20.4 Å². The van der Waals surface area contributed by atoms with Gasteiger partial charge in [0.15, 0.2) is 0 Å². The summed E-state index contributed by atoms with van der Waals surface area (Å²) in [4.78, 5) is 29.8. The van der Waals surface area contributed by atoms with Crippen molar-refractivity contribution >= 4 is 30.0 Å². The van der Waals surface area contributed by atoms with Gasteiger partial charge in [-0.15, -0.1) is 0 Å². The number of ether oxygens (including phenoxy) is 1. The summed E-state index contributed by atoms with van der Waals surface area (Å²) in [5, 5.41) is 35.8. The molecule has 0 saturated carbocycles. The molecule has 2 aromatic rings. The van der Waals surface area contributed by atoms with Gasteiger partial charge in [0.1, 0.15) is 17.2 Å². The highest BCUT2D eigenvalue weighted by Crippen LogP contribution is 2.24. The minimum absolute atomic E-state index is 0.0821. The summed E-state index contributed by atoms with van der Waals surface area (Å²) < 4.78 is 10.9. The maximum Gasteiger partial charge on any atom is 0.475 e. The molecule has 0 bridgehead atoms. The summed E-state index contributed by atoms with van der Waals surface area (Å²) in [6.45, 7) is 7.30. The lowest BCUT2D eigenvalue weighted by Crippen LogP contribution is -2.53. The number of morpholine rings is 1. The Kier molecular flexibility index (Phi) is 9.30. The number of carbonyl (C=O) groups is 2. The molecule has 2 fully saturated rings. The second-order valence-corrected chi connectivity index (χ2v) is 10.6. The predicted octanol–water partition coefficient (Wildman–Crippen LogP) is 1.21. The molecule has 0 spiro atoms. The number of amides is 3. The molecule has 12 heteroatoms. The lowest BCUT2D eigenvalue weighted by Gasteiger charge is -2.39. The van der Waals surface area contributed by atoms with Gasteiger partial charge in [0.05, 0.1) is 25.4 Å². The van der Waals surface area contributed by atoms with Crippen molar-refractivity contribution < 1.29 is 28.8 Å². The molecule has 11 nitrogen and oxygen atoms in total. The number of para-hydroxylation sites is 1. The minimum Gasteiger partial charge on any atom is -0.464 e. The summed E-state index contributed by atoms with van der Waals surface area (Å²) in [6, 6.07) is 8.61. The molecule has 1 aromatic heterocycles. The molecule has 1 unspecified atom stereocenters. The maximum absolute atomic E-state index is 13.3. The van der Waals surface area contributed by atoms with Crippen molar-refractivity contribution in [1.29, 1.82) is 5.26 Å². The number of benzene rings is 1. The number of rotatable bonds is 9. The van der Waals surface area contributed by atoms with E-state index < -0.39 is 24.6 Å². The Morgan fingerprint density at radius 1 is 1.26 bits per heavy atom. The molecule has 2 aliphatic rings. The number of furan rings is 1.